The molecule has 2 heterocycles. The van der Waals surface area contributed by atoms with Crippen LogP contribution in [0.15, 0.2) is 33.6 Å². The molecule has 2 aromatic rings. The fourth-order valence-corrected chi connectivity index (χ4v) is 4.77. The van der Waals surface area contributed by atoms with E-state index in [4.69, 9.17) is 4.42 Å². The second-order valence-electron chi connectivity index (χ2n) is 5.18. The lowest BCUT2D eigenvalue weighted by atomic mass is 10.2. The number of para-hydroxylation sites is 1. The number of anilines is 1. The Balaban J connectivity index is 2.19. The Labute approximate surface area is 128 Å². The molecule has 0 spiro atoms. The maximum Gasteiger partial charge on any atom is 0.340 e. The molecule has 0 amide bonds. The lowest BCUT2D eigenvalue weighted by Gasteiger charge is -2.19. The van der Waals surface area contributed by atoms with E-state index in [0.29, 0.717) is 18.7 Å². The topological polar surface area (TPSA) is 87.8 Å². The highest BCUT2D eigenvalue weighted by Crippen LogP contribution is 2.36. The Morgan fingerprint density at radius 3 is 2.59 bits per heavy atom. The zero-order chi connectivity index (χ0) is 16.1. The van der Waals surface area contributed by atoms with Gasteiger partial charge in [-0.25, -0.2) is 13.2 Å². The first-order chi connectivity index (χ1) is 10.3. The van der Waals surface area contributed by atoms with Gasteiger partial charge in [-0.1, -0.05) is 18.2 Å². The summed E-state index contributed by atoms with van der Waals surface area (Å²) < 4.78 is 32.4. The zero-order valence-corrected chi connectivity index (χ0v) is 13.0. The van der Waals surface area contributed by atoms with Gasteiger partial charge in [0, 0.05) is 6.54 Å². The molecule has 6 nitrogen and oxygen atoms in total. The molecular formula is C15H15NO5S. The van der Waals surface area contributed by atoms with Gasteiger partial charge < -0.3 is 9.52 Å². The molecular weight excluding hydrogens is 306 g/mol. The third kappa shape index (κ3) is 2.00. The Kier molecular flexibility index (Phi) is 3.25. The van der Waals surface area contributed by atoms with Gasteiger partial charge in [0.2, 0.25) is 0 Å². The molecule has 116 valence electrons. The number of carbonyl (C=O) groups is 1. The minimum atomic E-state index is -3.98. The van der Waals surface area contributed by atoms with E-state index < -0.39 is 16.0 Å². The van der Waals surface area contributed by atoms with Gasteiger partial charge in [0.05, 0.1) is 5.69 Å². The van der Waals surface area contributed by atoms with Crippen LogP contribution >= 0.6 is 0 Å². The van der Waals surface area contributed by atoms with Crippen molar-refractivity contribution in [1.82, 2.24) is 0 Å². The molecule has 7 heteroatoms. The average Bonchev–Trinajstić information content (AvgIpc) is 2.99. The van der Waals surface area contributed by atoms with Crippen LogP contribution in [0.2, 0.25) is 0 Å². The van der Waals surface area contributed by atoms with Gasteiger partial charge >= 0.3 is 5.97 Å². The summed E-state index contributed by atoms with van der Waals surface area (Å²) in [6, 6.07) is 7.21. The van der Waals surface area contributed by atoms with E-state index in [1.807, 2.05) is 12.1 Å². The van der Waals surface area contributed by atoms with Crippen LogP contribution < -0.4 is 4.31 Å². The summed E-state index contributed by atoms with van der Waals surface area (Å²) in [7, 11) is -3.98. The number of aromatic carboxylic acids is 1. The first kappa shape index (κ1) is 14.6. The lowest BCUT2D eigenvalue weighted by Crippen LogP contribution is -2.30. The number of nitrogens with zero attached hydrogens (tertiary/aromatic N) is 1. The Bertz CT molecular complexity index is 866. The van der Waals surface area contributed by atoms with Gasteiger partial charge in [0.15, 0.2) is 0 Å². The Hall–Kier alpha value is -2.28. The van der Waals surface area contributed by atoms with Gasteiger partial charge in [-0.2, -0.15) is 0 Å². The van der Waals surface area contributed by atoms with Crippen LogP contribution in [0.1, 0.15) is 27.4 Å². The van der Waals surface area contributed by atoms with E-state index in [1.165, 1.54) is 18.2 Å². The van der Waals surface area contributed by atoms with E-state index >= 15 is 0 Å². The third-order valence-corrected chi connectivity index (χ3v) is 5.78. The van der Waals surface area contributed by atoms with Crippen LogP contribution in [0.5, 0.6) is 0 Å². The smallest absolute Gasteiger partial charge is 0.340 e. The summed E-state index contributed by atoms with van der Waals surface area (Å²) in [5.41, 5.74) is 1.24. The first-order valence-corrected chi connectivity index (χ1v) is 8.22. The second-order valence-corrected chi connectivity index (χ2v) is 6.98. The summed E-state index contributed by atoms with van der Waals surface area (Å²) in [4.78, 5) is 11.2. The molecule has 22 heavy (non-hydrogen) atoms. The van der Waals surface area contributed by atoms with Crippen molar-refractivity contribution in [3.8, 4) is 0 Å². The van der Waals surface area contributed by atoms with Gasteiger partial charge in [0.1, 0.15) is 22.0 Å². The van der Waals surface area contributed by atoms with Crippen molar-refractivity contribution in [3.63, 3.8) is 0 Å². The van der Waals surface area contributed by atoms with Crippen LogP contribution in [-0.4, -0.2) is 26.0 Å². The van der Waals surface area contributed by atoms with Gasteiger partial charge in [0.25, 0.3) is 10.0 Å². The molecule has 1 aromatic carbocycles. The molecule has 0 radical (unpaired) electrons. The van der Waals surface area contributed by atoms with Gasteiger partial charge in [-0.05, 0) is 31.9 Å². The fourth-order valence-electron chi connectivity index (χ4n) is 2.89. The fraction of sp³-hybridized carbons (Fsp3) is 0.267. The first-order valence-electron chi connectivity index (χ1n) is 6.78. The van der Waals surface area contributed by atoms with E-state index in [-0.39, 0.29) is 22.0 Å². The van der Waals surface area contributed by atoms with Crippen LogP contribution in [0.25, 0.3) is 0 Å². The van der Waals surface area contributed by atoms with E-state index in [1.54, 1.807) is 12.1 Å². The number of hydrogen-bond acceptors (Lipinski definition) is 4. The molecule has 0 saturated carbocycles. The largest absolute Gasteiger partial charge is 0.478 e. The molecule has 1 aliphatic heterocycles. The van der Waals surface area contributed by atoms with Crippen LogP contribution in [0.4, 0.5) is 5.69 Å². The Morgan fingerprint density at radius 1 is 1.23 bits per heavy atom. The molecule has 0 unspecified atom stereocenters. The van der Waals surface area contributed by atoms with E-state index in [9.17, 15) is 18.3 Å². The molecule has 0 atom stereocenters. The molecule has 0 aliphatic carbocycles. The van der Waals surface area contributed by atoms with Crippen molar-refractivity contribution >= 4 is 21.7 Å². The highest BCUT2D eigenvalue weighted by atomic mass is 32.2. The third-order valence-electron chi connectivity index (χ3n) is 3.81. The number of fused-ring (bicyclic) bond motifs is 1. The van der Waals surface area contributed by atoms with Gasteiger partial charge in [-0.15, -0.1) is 0 Å². The van der Waals surface area contributed by atoms with Gasteiger partial charge in [-0.3, -0.25) is 4.31 Å². The number of benzene rings is 1. The number of carboxylic acid groups (broad SMARTS) is 1. The van der Waals surface area contributed by atoms with Crippen molar-refractivity contribution in [3.05, 3.63) is 46.9 Å². The standard InChI is InChI=1S/C15H15NO5S/c1-9-13(15(17)18)14(10(2)21-9)22(19,20)16-8-7-11-5-3-4-6-12(11)16/h3-6H,7-8H2,1-2H3,(H,17,18). The number of aryl methyl sites for hydroxylation is 2. The van der Waals surface area contributed by atoms with E-state index in [0.717, 1.165) is 5.56 Å². The summed E-state index contributed by atoms with van der Waals surface area (Å²) in [6.45, 7) is 3.21. The molecule has 1 aliphatic rings. The SMILES string of the molecule is Cc1oc(C)c(S(=O)(=O)N2CCc3ccccc32)c1C(=O)O. The predicted octanol–water partition coefficient (Wildman–Crippen LogP) is 2.35. The normalized spacial score (nSPS) is 14.2. The van der Waals surface area contributed by atoms with Crippen LogP contribution in [0, 0.1) is 13.8 Å². The highest BCUT2D eigenvalue weighted by Gasteiger charge is 2.37. The second kappa shape index (κ2) is 4.88. The molecule has 1 aromatic heterocycles. The summed E-state index contributed by atoms with van der Waals surface area (Å²) in [5.74, 6) is -1.12. The quantitative estimate of drug-likeness (QED) is 0.937. The maximum absolute atomic E-state index is 13.0. The molecule has 1 N–H and O–H groups in total. The number of sulfonamides is 1. The summed E-state index contributed by atoms with van der Waals surface area (Å²) in [6.07, 6.45) is 0.605. The molecule has 0 saturated heterocycles. The monoisotopic (exact) mass is 321 g/mol. The Morgan fingerprint density at radius 2 is 1.91 bits per heavy atom. The van der Waals surface area contributed by atoms with Crippen molar-refractivity contribution in [2.24, 2.45) is 0 Å². The van der Waals surface area contributed by atoms with Crippen molar-refractivity contribution in [1.29, 1.82) is 0 Å². The van der Waals surface area contributed by atoms with Crippen molar-refractivity contribution < 1.29 is 22.7 Å². The van der Waals surface area contributed by atoms with Crippen molar-refractivity contribution in [2.75, 3.05) is 10.8 Å². The molecule has 3 rings (SSSR count). The summed E-state index contributed by atoms with van der Waals surface area (Å²) in [5, 5.41) is 9.32. The van der Waals surface area contributed by atoms with E-state index in [2.05, 4.69) is 0 Å². The minimum absolute atomic E-state index is 0.0936. The number of rotatable bonds is 3. The number of carboxylic acids is 1. The highest BCUT2D eigenvalue weighted by molar-refractivity contribution is 7.93. The van der Waals surface area contributed by atoms with Crippen LogP contribution in [-0.2, 0) is 16.4 Å². The maximum atomic E-state index is 13.0. The lowest BCUT2D eigenvalue weighted by molar-refractivity contribution is 0.0691. The average molecular weight is 321 g/mol. The molecule has 0 bridgehead atoms. The minimum Gasteiger partial charge on any atom is -0.478 e. The number of hydrogen-bond donors (Lipinski definition) is 1. The van der Waals surface area contributed by atoms with Crippen molar-refractivity contribution in [2.45, 2.75) is 25.2 Å². The zero-order valence-electron chi connectivity index (χ0n) is 12.2. The van der Waals surface area contributed by atoms with Crippen LogP contribution in [0.3, 0.4) is 0 Å². The predicted molar refractivity (Wildman–Crippen MR) is 79.8 cm³/mol. The number of furan rings is 1. The summed E-state index contributed by atoms with van der Waals surface area (Å²) >= 11 is 0. The molecule has 0 fully saturated rings.